The molecule has 5 atom stereocenters. The zero-order chi connectivity index (χ0) is 46.6. The van der Waals surface area contributed by atoms with Crippen LogP contribution < -0.4 is 20.5 Å². The number of nitrogens with one attached hydrogen (secondary N) is 2. The van der Waals surface area contributed by atoms with Crippen LogP contribution in [0, 0.1) is 17.3 Å². The van der Waals surface area contributed by atoms with Crippen LogP contribution in [-0.2, 0) is 35.6 Å². The van der Waals surface area contributed by atoms with Crippen molar-refractivity contribution in [2.24, 2.45) is 23.0 Å². The summed E-state index contributed by atoms with van der Waals surface area (Å²) in [5.41, 5.74) is 7.97. The van der Waals surface area contributed by atoms with Crippen molar-refractivity contribution in [3.63, 3.8) is 0 Å². The number of nitrogens with two attached hydrogens (primary N) is 1. The highest BCUT2D eigenvalue weighted by atomic mass is 32.2. The highest BCUT2D eigenvalue weighted by molar-refractivity contribution is 7.90. The zero-order valence-corrected chi connectivity index (χ0v) is 40.8. The van der Waals surface area contributed by atoms with Gasteiger partial charge in [0.05, 0.1) is 23.5 Å². The minimum absolute atomic E-state index is 0.0237. The van der Waals surface area contributed by atoms with Gasteiger partial charge in [0.2, 0.25) is 27.7 Å². The second kappa shape index (κ2) is 20.3. The van der Waals surface area contributed by atoms with Crippen molar-refractivity contribution in [1.82, 2.24) is 29.5 Å². The molecule has 350 valence electrons. The molecule has 5 rings (SSSR count). The number of primary amides is 1. The lowest BCUT2D eigenvalue weighted by Crippen LogP contribution is -2.58. The Morgan fingerprint density at radius 3 is 2.21 bits per heavy atom. The van der Waals surface area contributed by atoms with Crippen molar-refractivity contribution in [3.05, 3.63) is 28.8 Å². The second-order valence-electron chi connectivity index (χ2n) is 20.0. The van der Waals surface area contributed by atoms with E-state index in [1.54, 1.807) is 32.1 Å². The molecule has 4 amide bonds. The van der Waals surface area contributed by atoms with E-state index in [2.05, 4.69) is 23.9 Å². The molecule has 63 heavy (non-hydrogen) atoms. The number of sulfonamides is 1. The van der Waals surface area contributed by atoms with Crippen molar-refractivity contribution in [2.75, 3.05) is 12.3 Å². The summed E-state index contributed by atoms with van der Waals surface area (Å²) in [6.45, 7) is 21.2. The molecule has 1 aromatic carbocycles. The molecule has 3 aromatic rings. The smallest absolute Gasteiger partial charge is 0.408 e. The number of fused-ring (bicyclic) bond motifs is 1. The number of likely N-dealkylation sites (tertiary alicyclic amines) is 1. The van der Waals surface area contributed by atoms with Gasteiger partial charge in [0, 0.05) is 28.8 Å². The van der Waals surface area contributed by atoms with Crippen molar-refractivity contribution in [1.29, 1.82) is 0 Å². The third kappa shape index (κ3) is 12.9. The Balaban J connectivity index is 1.25. The number of hydrogen-bond acceptors (Lipinski definition) is 11. The third-order valence-electron chi connectivity index (χ3n) is 11.7. The fourth-order valence-corrected chi connectivity index (χ4v) is 10.8. The normalized spacial score (nSPS) is 19.7. The van der Waals surface area contributed by atoms with E-state index in [-0.39, 0.29) is 42.5 Å². The molecule has 1 aliphatic heterocycles. The monoisotopic (exact) mass is 913 g/mol. The van der Waals surface area contributed by atoms with E-state index >= 15 is 0 Å². The molecule has 1 saturated carbocycles. The molecule has 3 heterocycles. The van der Waals surface area contributed by atoms with Gasteiger partial charge in [-0.05, 0) is 89.7 Å². The number of alkyl carbamates (subject to hydrolysis) is 1. The highest BCUT2D eigenvalue weighted by Gasteiger charge is 2.46. The van der Waals surface area contributed by atoms with Gasteiger partial charge in [-0.3, -0.25) is 23.7 Å². The van der Waals surface area contributed by atoms with Gasteiger partial charge in [-0.2, -0.15) is 4.98 Å². The molecule has 0 unspecified atom stereocenters. The number of carbonyl (C=O) groups is 4. The summed E-state index contributed by atoms with van der Waals surface area (Å²) in [6, 6.07) is 4.40. The Hall–Kier alpha value is -4.25. The lowest BCUT2D eigenvalue weighted by atomic mass is 9.85. The van der Waals surface area contributed by atoms with Gasteiger partial charge in [0.15, 0.2) is 0 Å². The largest absolute Gasteiger partial charge is 0.459 e. The maximum Gasteiger partial charge on any atom is 0.408 e. The minimum atomic E-state index is -3.59. The number of imidazole rings is 1. The zero-order valence-electron chi connectivity index (χ0n) is 39.2. The number of para-hydroxylation sites is 1. The fourth-order valence-electron chi connectivity index (χ4n) is 8.33. The average molecular weight is 914 g/mol. The Kier molecular flexibility index (Phi) is 16.0. The second-order valence-corrected chi connectivity index (χ2v) is 22.9. The van der Waals surface area contributed by atoms with Gasteiger partial charge in [0.25, 0.3) is 6.01 Å². The molecule has 1 saturated heterocycles. The van der Waals surface area contributed by atoms with Gasteiger partial charge >= 0.3 is 6.09 Å². The van der Waals surface area contributed by atoms with E-state index < -0.39 is 57.1 Å². The molecule has 17 heteroatoms. The van der Waals surface area contributed by atoms with E-state index in [1.807, 2.05) is 64.3 Å². The number of aromatic nitrogens is 3. The first-order valence-corrected chi connectivity index (χ1v) is 25.2. The van der Waals surface area contributed by atoms with Crippen molar-refractivity contribution in [2.45, 2.75) is 176 Å². The summed E-state index contributed by atoms with van der Waals surface area (Å²) in [7, 11) is -3.59. The predicted molar refractivity (Wildman–Crippen MR) is 247 cm³/mol. The summed E-state index contributed by atoms with van der Waals surface area (Å²) >= 11 is 1.68. The van der Waals surface area contributed by atoms with Crippen LogP contribution in [0.5, 0.6) is 6.01 Å². The number of benzene rings is 1. The third-order valence-corrected chi connectivity index (χ3v) is 14.2. The van der Waals surface area contributed by atoms with Crippen molar-refractivity contribution < 1.29 is 37.1 Å². The van der Waals surface area contributed by atoms with Crippen LogP contribution >= 0.6 is 11.3 Å². The summed E-state index contributed by atoms with van der Waals surface area (Å²) < 4.78 is 41.2. The molecular formula is C46H71N7O8S2. The first-order chi connectivity index (χ1) is 29.4. The Morgan fingerprint density at radius 1 is 0.952 bits per heavy atom. The number of thiazole rings is 1. The molecule has 15 nitrogen and oxygen atoms in total. The number of rotatable bonds is 20. The molecule has 2 aliphatic rings. The van der Waals surface area contributed by atoms with Gasteiger partial charge in [0.1, 0.15) is 34.3 Å². The Bertz CT molecular complexity index is 2220. The molecule has 0 bridgehead atoms. The molecule has 4 N–H and O–H groups in total. The lowest BCUT2D eigenvalue weighted by Gasteiger charge is -2.35. The maximum atomic E-state index is 14.2. The number of ether oxygens (including phenoxy) is 2. The number of amides is 4. The summed E-state index contributed by atoms with van der Waals surface area (Å²) in [5, 5.41) is 3.61. The molecule has 1 aliphatic carbocycles. The minimum Gasteiger partial charge on any atom is -0.459 e. The number of hydrogen-bond donors (Lipinski definition) is 3. The molecule has 0 radical (unpaired) electrons. The first-order valence-electron chi connectivity index (χ1n) is 22.7. The van der Waals surface area contributed by atoms with Gasteiger partial charge in [-0.1, -0.05) is 79.7 Å². The van der Waals surface area contributed by atoms with Crippen LogP contribution in [0.15, 0.2) is 18.2 Å². The van der Waals surface area contributed by atoms with Crippen LogP contribution in [0.4, 0.5) is 4.79 Å². The van der Waals surface area contributed by atoms with Gasteiger partial charge in [-0.25, -0.2) is 18.2 Å². The molecule has 0 spiro atoms. The lowest BCUT2D eigenvalue weighted by molar-refractivity contribution is -0.141. The maximum absolute atomic E-state index is 14.2. The SMILES string of the molecule is CC[C@@H]1C[C@@H]1C(=O)NS(=O)(=O)CCCCCCCCc1sc(-c2cccc3c2nc(O[C@@H]2C[C@@H](C(N)=O)N(C(=O)[C@@H](NC(=O)OC(C)(C)C)C(C)(C)C)C2)n3C(C)C)nc1C(C)C. The van der Waals surface area contributed by atoms with E-state index in [0.29, 0.717) is 18.3 Å². The quantitative estimate of drug-likeness (QED) is 0.0932. The van der Waals surface area contributed by atoms with Crippen LogP contribution in [0.2, 0.25) is 0 Å². The number of carbonyl (C=O) groups excluding carboxylic acids is 4. The van der Waals surface area contributed by atoms with E-state index in [4.69, 9.17) is 25.2 Å². The topological polar surface area (TPSA) is 205 Å². The number of nitrogens with zero attached hydrogens (tertiary/aromatic N) is 4. The van der Waals surface area contributed by atoms with Crippen LogP contribution in [-0.4, -0.2) is 87.8 Å². The Morgan fingerprint density at radius 2 is 1.62 bits per heavy atom. The Labute approximate surface area is 378 Å². The highest BCUT2D eigenvalue weighted by Crippen LogP contribution is 2.41. The molecule has 2 fully saturated rings. The molecule has 2 aromatic heterocycles. The number of aryl methyl sites for hydroxylation is 1. The summed E-state index contributed by atoms with van der Waals surface area (Å²) in [4.78, 5) is 64.9. The van der Waals surface area contributed by atoms with Crippen LogP contribution in [0.25, 0.3) is 21.6 Å². The van der Waals surface area contributed by atoms with E-state index in [0.717, 1.165) is 78.7 Å². The summed E-state index contributed by atoms with van der Waals surface area (Å²) in [5.74, 6) is -1.10. The van der Waals surface area contributed by atoms with E-state index in [9.17, 15) is 27.6 Å². The predicted octanol–water partition coefficient (Wildman–Crippen LogP) is 8.01. The van der Waals surface area contributed by atoms with Crippen molar-refractivity contribution in [3.8, 4) is 16.6 Å². The van der Waals surface area contributed by atoms with E-state index in [1.165, 1.54) is 9.78 Å². The van der Waals surface area contributed by atoms with Gasteiger partial charge in [-0.15, -0.1) is 11.3 Å². The average Bonchev–Trinajstić information content (AvgIpc) is 3.44. The van der Waals surface area contributed by atoms with Gasteiger partial charge < -0.3 is 25.4 Å². The first kappa shape index (κ1) is 49.8. The molecular weight excluding hydrogens is 843 g/mol. The van der Waals surface area contributed by atoms with Crippen LogP contribution in [0.1, 0.15) is 156 Å². The number of unbranched alkanes of at least 4 members (excludes halogenated alkanes) is 5. The van der Waals surface area contributed by atoms with Crippen molar-refractivity contribution >= 4 is 56.2 Å². The van der Waals surface area contributed by atoms with Crippen LogP contribution in [0.3, 0.4) is 0 Å². The fraction of sp³-hybridized carbons (Fsp3) is 0.696. The standard InChI is InChI=1S/C46H71N7O8S2/c1-12-29-24-32(29)40(55)51-63(58,59)23-18-16-14-13-15-17-22-35-36(27(2)3)48-41(62-35)31-20-19-21-33-37(31)49-43(53(33)28(4)5)60-30-25-34(39(47)54)52(26-30)42(56)38(45(6,7)8)50-44(57)61-46(9,10)11/h19-21,27-30,32,34,38H,12-18,22-26H2,1-11H3,(H2,47,54)(H,50,57)(H,51,55)/t29-,30-,32+,34+,38-/m1/s1. The summed E-state index contributed by atoms with van der Waals surface area (Å²) in [6.07, 6.45) is 6.65.